The molecule has 1 aliphatic rings. The maximum Gasteiger partial charge on any atom is 0.145 e. The van der Waals surface area contributed by atoms with Crippen molar-refractivity contribution in [3.63, 3.8) is 0 Å². The van der Waals surface area contributed by atoms with Crippen LogP contribution in [0.2, 0.25) is 0 Å². The molecule has 10 aromatic rings. The molecule has 0 bridgehead atoms. The lowest BCUT2D eigenvalue weighted by Gasteiger charge is -2.35. The molecular formula is C53H35NO. The summed E-state index contributed by atoms with van der Waals surface area (Å²) in [5.74, 6) is 0. The summed E-state index contributed by atoms with van der Waals surface area (Å²) < 4.78 is 6.86. The van der Waals surface area contributed by atoms with Crippen LogP contribution in [0.5, 0.6) is 0 Å². The topological polar surface area (TPSA) is 16.4 Å². The highest BCUT2D eigenvalue weighted by molar-refractivity contribution is 6.27. The number of rotatable bonds is 6. The largest absolute Gasteiger partial charge is 0.455 e. The minimum absolute atomic E-state index is 0.532. The maximum atomic E-state index is 6.86. The van der Waals surface area contributed by atoms with Crippen molar-refractivity contribution >= 4 is 49.8 Å². The first-order valence-corrected chi connectivity index (χ1v) is 18.9. The van der Waals surface area contributed by atoms with Gasteiger partial charge in [-0.1, -0.05) is 182 Å². The molecule has 55 heavy (non-hydrogen) atoms. The van der Waals surface area contributed by atoms with E-state index in [0.717, 1.165) is 55.3 Å². The summed E-state index contributed by atoms with van der Waals surface area (Å²) in [6, 6.07) is 77.0. The van der Waals surface area contributed by atoms with Gasteiger partial charge in [0.2, 0.25) is 0 Å². The molecule has 0 saturated carbocycles. The van der Waals surface area contributed by atoms with Crippen molar-refractivity contribution in [3.05, 3.63) is 235 Å². The summed E-state index contributed by atoms with van der Waals surface area (Å²) in [7, 11) is 0. The third-order valence-corrected chi connectivity index (χ3v) is 11.5. The molecule has 258 valence electrons. The molecule has 2 heteroatoms. The molecule has 0 spiro atoms. The number of benzene rings is 9. The van der Waals surface area contributed by atoms with E-state index < -0.39 is 5.41 Å². The second kappa shape index (κ2) is 12.5. The molecule has 0 aliphatic heterocycles. The molecule has 1 aliphatic carbocycles. The Morgan fingerprint density at radius 2 is 0.945 bits per heavy atom. The highest BCUT2D eigenvalue weighted by Gasteiger charge is 2.46. The first-order chi connectivity index (χ1) is 27.3. The van der Waals surface area contributed by atoms with Crippen LogP contribution in [0.4, 0.5) is 17.1 Å². The van der Waals surface area contributed by atoms with Gasteiger partial charge in [-0.05, 0) is 74.7 Å². The third-order valence-electron chi connectivity index (χ3n) is 11.5. The van der Waals surface area contributed by atoms with Crippen molar-refractivity contribution in [2.24, 2.45) is 0 Å². The summed E-state index contributed by atoms with van der Waals surface area (Å²) in [4.78, 5) is 2.48. The molecule has 0 fully saturated rings. The SMILES string of the molecule is c1ccc(-c2c(N(c3ccccc3)c3ccc4c(c3)C(c3ccccc3)(c3ccccc3)c3ccccc3-4)c3c4ccccc4oc3c3ccccc23)cc1. The van der Waals surface area contributed by atoms with Gasteiger partial charge in [-0.25, -0.2) is 0 Å². The number of fused-ring (bicyclic) bond motifs is 8. The van der Waals surface area contributed by atoms with E-state index in [-0.39, 0.29) is 0 Å². The van der Waals surface area contributed by atoms with Gasteiger partial charge in [0.1, 0.15) is 11.2 Å². The summed E-state index contributed by atoms with van der Waals surface area (Å²) in [6.07, 6.45) is 0. The Labute approximate surface area is 320 Å². The summed E-state index contributed by atoms with van der Waals surface area (Å²) >= 11 is 0. The monoisotopic (exact) mass is 701 g/mol. The Hall–Kier alpha value is -7.16. The van der Waals surface area contributed by atoms with Gasteiger partial charge in [-0.15, -0.1) is 0 Å². The van der Waals surface area contributed by atoms with E-state index in [9.17, 15) is 0 Å². The van der Waals surface area contributed by atoms with Crippen LogP contribution in [0.3, 0.4) is 0 Å². The average Bonchev–Trinajstić information content (AvgIpc) is 3.80. The third kappa shape index (κ3) is 4.62. The van der Waals surface area contributed by atoms with Crippen LogP contribution in [0.1, 0.15) is 22.3 Å². The summed E-state index contributed by atoms with van der Waals surface area (Å²) in [5.41, 5.74) is 14.4. The fourth-order valence-corrected chi connectivity index (χ4v) is 9.30. The van der Waals surface area contributed by atoms with Crippen molar-refractivity contribution in [3.8, 4) is 22.3 Å². The van der Waals surface area contributed by atoms with E-state index in [1.54, 1.807) is 0 Å². The van der Waals surface area contributed by atoms with Crippen LogP contribution in [0.25, 0.3) is 55.0 Å². The number of hydrogen-bond acceptors (Lipinski definition) is 2. The molecule has 1 aromatic heterocycles. The van der Waals surface area contributed by atoms with Gasteiger partial charge in [-0.2, -0.15) is 0 Å². The van der Waals surface area contributed by atoms with E-state index in [1.807, 2.05) is 0 Å². The molecule has 0 saturated heterocycles. The molecule has 2 nitrogen and oxygen atoms in total. The quantitative estimate of drug-likeness (QED) is 0.172. The van der Waals surface area contributed by atoms with Crippen LogP contribution in [0, 0.1) is 0 Å². The van der Waals surface area contributed by atoms with Crippen LogP contribution < -0.4 is 4.90 Å². The Kier molecular flexibility index (Phi) is 7.11. The Morgan fingerprint density at radius 3 is 1.65 bits per heavy atom. The molecule has 0 N–H and O–H groups in total. The smallest absolute Gasteiger partial charge is 0.145 e. The number of anilines is 3. The fraction of sp³-hybridized carbons (Fsp3) is 0.0189. The number of nitrogens with zero attached hydrogens (tertiary/aromatic N) is 1. The van der Waals surface area contributed by atoms with E-state index in [1.165, 1.54) is 38.9 Å². The predicted molar refractivity (Wildman–Crippen MR) is 229 cm³/mol. The molecule has 0 atom stereocenters. The van der Waals surface area contributed by atoms with Crippen molar-refractivity contribution < 1.29 is 4.42 Å². The molecule has 9 aromatic carbocycles. The van der Waals surface area contributed by atoms with Gasteiger partial charge in [0.05, 0.1) is 16.5 Å². The standard InChI is InChI=1S/C53H35NO/c1-5-19-36(20-6-1)49-43-28-13-14-29-44(43)52-50(45-30-16-18-32-48(45)55-52)51(49)54(39-25-11-4-12-26-39)40-33-34-42-41-27-15-17-31-46(41)53(47(42)35-40,37-21-7-2-8-22-37)38-23-9-3-10-24-38/h1-35H. The predicted octanol–water partition coefficient (Wildman–Crippen LogP) is 14.2. The Morgan fingerprint density at radius 1 is 0.400 bits per heavy atom. The Bertz CT molecular complexity index is 2980. The highest BCUT2D eigenvalue weighted by atomic mass is 16.3. The van der Waals surface area contributed by atoms with Gasteiger partial charge < -0.3 is 9.32 Å². The van der Waals surface area contributed by atoms with Gasteiger partial charge in [0.25, 0.3) is 0 Å². The second-order valence-electron chi connectivity index (χ2n) is 14.4. The van der Waals surface area contributed by atoms with Gasteiger partial charge >= 0.3 is 0 Å². The first kappa shape index (κ1) is 31.4. The second-order valence-corrected chi connectivity index (χ2v) is 14.4. The first-order valence-electron chi connectivity index (χ1n) is 18.9. The molecule has 11 rings (SSSR count). The zero-order chi connectivity index (χ0) is 36.3. The molecule has 0 radical (unpaired) electrons. The van der Waals surface area contributed by atoms with E-state index in [4.69, 9.17) is 4.42 Å². The van der Waals surface area contributed by atoms with Gasteiger partial charge in [0.15, 0.2) is 0 Å². The maximum absolute atomic E-state index is 6.86. The van der Waals surface area contributed by atoms with Crippen molar-refractivity contribution in [1.82, 2.24) is 0 Å². The molecule has 0 unspecified atom stereocenters. The summed E-state index contributed by atoms with van der Waals surface area (Å²) in [5, 5.41) is 4.43. The number of furan rings is 1. The zero-order valence-corrected chi connectivity index (χ0v) is 30.1. The van der Waals surface area contributed by atoms with Gasteiger partial charge in [0, 0.05) is 27.7 Å². The molecule has 1 heterocycles. The minimum Gasteiger partial charge on any atom is -0.455 e. The van der Waals surface area contributed by atoms with E-state index in [2.05, 4.69) is 217 Å². The number of hydrogen-bond donors (Lipinski definition) is 0. The van der Waals surface area contributed by atoms with Crippen molar-refractivity contribution in [2.75, 3.05) is 4.90 Å². The van der Waals surface area contributed by atoms with Crippen LogP contribution in [0.15, 0.2) is 217 Å². The van der Waals surface area contributed by atoms with Gasteiger partial charge in [-0.3, -0.25) is 0 Å². The molecular weight excluding hydrogens is 667 g/mol. The van der Waals surface area contributed by atoms with Crippen LogP contribution >= 0.6 is 0 Å². The highest BCUT2D eigenvalue weighted by Crippen LogP contribution is 2.58. The average molecular weight is 702 g/mol. The van der Waals surface area contributed by atoms with E-state index >= 15 is 0 Å². The summed E-state index contributed by atoms with van der Waals surface area (Å²) in [6.45, 7) is 0. The van der Waals surface area contributed by atoms with Crippen molar-refractivity contribution in [2.45, 2.75) is 5.41 Å². The minimum atomic E-state index is -0.532. The lowest BCUT2D eigenvalue weighted by molar-refractivity contribution is 0.672. The lowest BCUT2D eigenvalue weighted by Crippen LogP contribution is -2.28. The molecule has 0 amide bonds. The normalized spacial score (nSPS) is 12.9. The van der Waals surface area contributed by atoms with Crippen LogP contribution in [-0.4, -0.2) is 0 Å². The lowest BCUT2D eigenvalue weighted by atomic mass is 9.67. The fourth-order valence-electron chi connectivity index (χ4n) is 9.30. The van der Waals surface area contributed by atoms with E-state index in [0.29, 0.717) is 0 Å². The Balaban J connectivity index is 1.30. The number of para-hydroxylation sites is 2. The zero-order valence-electron chi connectivity index (χ0n) is 30.1. The van der Waals surface area contributed by atoms with Crippen molar-refractivity contribution in [1.29, 1.82) is 0 Å². The van der Waals surface area contributed by atoms with Crippen LogP contribution in [-0.2, 0) is 5.41 Å².